The number of amides is 1. The maximum atomic E-state index is 12.4. The smallest absolute Gasteiger partial charge is 0.226 e. The van der Waals surface area contributed by atoms with Crippen molar-refractivity contribution >= 4 is 11.6 Å². The van der Waals surface area contributed by atoms with E-state index < -0.39 is 0 Å². The lowest BCUT2D eigenvalue weighted by molar-refractivity contribution is -0.116. The maximum Gasteiger partial charge on any atom is 0.226 e. The van der Waals surface area contributed by atoms with Crippen molar-refractivity contribution in [3.63, 3.8) is 0 Å². The Kier molecular flexibility index (Phi) is 7.29. The van der Waals surface area contributed by atoms with Crippen LogP contribution >= 0.6 is 0 Å². The standard InChI is InChI=1S/C20H26N2O4/c1-14(21-13-15-7-5-6-8-18(15)25-3)11-20(23)22-17-12-16(24-2)9-10-19(17)26-4/h5-10,12,14,21H,11,13H2,1-4H3,(H,22,23). The van der Waals surface area contributed by atoms with Crippen LogP contribution in [0.5, 0.6) is 17.2 Å². The molecule has 0 bridgehead atoms. The van der Waals surface area contributed by atoms with Gasteiger partial charge in [-0.25, -0.2) is 0 Å². The molecule has 0 saturated heterocycles. The summed E-state index contributed by atoms with van der Waals surface area (Å²) in [5.74, 6) is 1.98. The lowest BCUT2D eigenvalue weighted by atomic mass is 10.1. The fourth-order valence-corrected chi connectivity index (χ4v) is 2.60. The summed E-state index contributed by atoms with van der Waals surface area (Å²) in [6.07, 6.45) is 0.329. The fourth-order valence-electron chi connectivity index (χ4n) is 2.60. The Morgan fingerprint density at radius 1 is 1.00 bits per heavy atom. The molecule has 0 aliphatic carbocycles. The van der Waals surface area contributed by atoms with Crippen LogP contribution < -0.4 is 24.8 Å². The number of hydrogen-bond acceptors (Lipinski definition) is 5. The molecule has 2 N–H and O–H groups in total. The number of methoxy groups -OCH3 is 3. The number of para-hydroxylation sites is 1. The Hall–Kier alpha value is -2.73. The molecular weight excluding hydrogens is 332 g/mol. The molecule has 1 atom stereocenters. The zero-order chi connectivity index (χ0) is 18.9. The van der Waals surface area contributed by atoms with Crippen LogP contribution in [0.15, 0.2) is 42.5 Å². The number of carbonyl (C=O) groups is 1. The summed E-state index contributed by atoms with van der Waals surface area (Å²) in [6, 6.07) is 13.1. The summed E-state index contributed by atoms with van der Waals surface area (Å²) in [5, 5.41) is 6.22. The van der Waals surface area contributed by atoms with Gasteiger partial charge in [0.1, 0.15) is 17.2 Å². The zero-order valence-corrected chi connectivity index (χ0v) is 15.7. The number of carbonyl (C=O) groups excluding carboxylic acids is 1. The van der Waals surface area contributed by atoms with E-state index in [9.17, 15) is 4.79 Å². The molecule has 6 nitrogen and oxygen atoms in total. The van der Waals surface area contributed by atoms with Crippen molar-refractivity contribution in [1.82, 2.24) is 5.32 Å². The Morgan fingerprint density at radius 2 is 1.73 bits per heavy atom. The van der Waals surface area contributed by atoms with Gasteiger partial charge < -0.3 is 24.8 Å². The quantitative estimate of drug-likeness (QED) is 0.720. The number of hydrogen-bond donors (Lipinski definition) is 2. The SMILES string of the molecule is COc1ccc(OC)c(NC(=O)CC(C)NCc2ccccc2OC)c1. The normalized spacial score (nSPS) is 11.5. The van der Waals surface area contributed by atoms with Crippen LogP contribution in [0.4, 0.5) is 5.69 Å². The van der Waals surface area contributed by atoms with Gasteiger partial charge in [-0.15, -0.1) is 0 Å². The number of benzene rings is 2. The number of rotatable bonds is 9. The summed E-state index contributed by atoms with van der Waals surface area (Å²) >= 11 is 0. The van der Waals surface area contributed by atoms with E-state index in [0.717, 1.165) is 11.3 Å². The van der Waals surface area contributed by atoms with Gasteiger partial charge in [0.25, 0.3) is 0 Å². The highest BCUT2D eigenvalue weighted by atomic mass is 16.5. The molecule has 0 aromatic heterocycles. The van der Waals surface area contributed by atoms with Crippen LogP contribution in [0.25, 0.3) is 0 Å². The first kappa shape index (κ1) is 19.6. The first-order valence-corrected chi connectivity index (χ1v) is 8.44. The van der Waals surface area contributed by atoms with E-state index >= 15 is 0 Å². The summed E-state index contributed by atoms with van der Waals surface area (Å²) in [4.78, 5) is 12.4. The Morgan fingerprint density at radius 3 is 2.42 bits per heavy atom. The molecule has 140 valence electrons. The molecule has 1 unspecified atom stereocenters. The minimum absolute atomic E-state index is 0.00323. The van der Waals surface area contributed by atoms with Gasteiger partial charge in [-0.3, -0.25) is 4.79 Å². The van der Waals surface area contributed by atoms with Crippen molar-refractivity contribution in [3.05, 3.63) is 48.0 Å². The maximum absolute atomic E-state index is 12.4. The van der Waals surface area contributed by atoms with Crippen LogP contribution in [0, 0.1) is 0 Å². The fraction of sp³-hybridized carbons (Fsp3) is 0.350. The van der Waals surface area contributed by atoms with Crippen LogP contribution in [0.3, 0.4) is 0 Å². The predicted molar refractivity (Wildman–Crippen MR) is 102 cm³/mol. The van der Waals surface area contributed by atoms with Gasteiger partial charge in [0.2, 0.25) is 5.91 Å². The summed E-state index contributed by atoms with van der Waals surface area (Å²) in [5.41, 5.74) is 1.64. The first-order chi connectivity index (χ1) is 12.6. The third kappa shape index (κ3) is 5.39. The number of anilines is 1. The minimum Gasteiger partial charge on any atom is -0.497 e. The Bertz CT molecular complexity index is 734. The first-order valence-electron chi connectivity index (χ1n) is 8.44. The predicted octanol–water partition coefficient (Wildman–Crippen LogP) is 3.22. The van der Waals surface area contributed by atoms with E-state index in [-0.39, 0.29) is 11.9 Å². The van der Waals surface area contributed by atoms with Gasteiger partial charge >= 0.3 is 0 Å². The van der Waals surface area contributed by atoms with E-state index in [1.165, 1.54) is 0 Å². The third-order valence-electron chi connectivity index (χ3n) is 4.01. The molecule has 0 aliphatic heterocycles. The van der Waals surface area contributed by atoms with Crippen molar-refractivity contribution in [2.45, 2.75) is 25.9 Å². The van der Waals surface area contributed by atoms with Gasteiger partial charge in [-0.2, -0.15) is 0 Å². The molecule has 0 spiro atoms. The van der Waals surface area contributed by atoms with E-state index in [0.29, 0.717) is 30.2 Å². The second kappa shape index (κ2) is 9.68. The van der Waals surface area contributed by atoms with Crippen molar-refractivity contribution in [3.8, 4) is 17.2 Å². The minimum atomic E-state index is -0.100. The number of ether oxygens (including phenoxy) is 3. The van der Waals surface area contributed by atoms with Gasteiger partial charge in [0, 0.05) is 30.6 Å². The molecule has 0 radical (unpaired) electrons. The highest BCUT2D eigenvalue weighted by molar-refractivity contribution is 5.92. The topological polar surface area (TPSA) is 68.8 Å². The lowest BCUT2D eigenvalue weighted by Gasteiger charge is -2.16. The molecule has 6 heteroatoms. The summed E-state index contributed by atoms with van der Waals surface area (Å²) < 4.78 is 15.8. The summed E-state index contributed by atoms with van der Waals surface area (Å²) in [6.45, 7) is 2.60. The molecule has 2 aromatic rings. The molecule has 0 heterocycles. The lowest BCUT2D eigenvalue weighted by Crippen LogP contribution is -2.30. The van der Waals surface area contributed by atoms with Gasteiger partial charge in [-0.1, -0.05) is 18.2 Å². The van der Waals surface area contributed by atoms with Gasteiger partial charge in [0.05, 0.1) is 27.0 Å². The average Bonchev–Trinajstić information content (AvgIpc) is 2.66. The molecule has 0 saturated carbocycles. The Balaban J connectivity index is 1.91. The van der Waals surface area contributed by atoms with E-state index in [4.69, 9.17) is 14.2 Å². The largest absolute Gasteiger partial charge is 0.497 e. The van der Waals surface area contributed by atoms with Gasteiger partial charge in [0.15, 0.2) is 0 Å². The average molecular weight is 358 g/mol. The Labute approximate surface area is 154 Å². The molecule has 2 aromatic carbocycles. The van der Waals surface area contributed by atoms with Crippen molar-refractivity contribution in [2.24, 2.45) is 0 Å². The monoisotopic (exact) mass is 358 g/mol. The van der Waals surface area contributed by atoms with Crippen molar-refractivity contribution in [2.75, 3.05) is 26.6 Å². The molecular formula is C20H26N2O4. The second-order valence-corrected chi connectivity index (χ2v) is 5.91. The number of nitrogens with one attached hydrogen (secondary N) is 2. The third-order valence-corrected chi connectivity index (χ3v) is 4.01. The van der Waals surface area contributed by atoms with E-state index in [1.807, 2.05) is 31.2 Å². The summed E-state index contributed by atoms with van der Waals surface area (Å²) in [7, 11) is 4.80. The second-order valence-electron chi connectivity index (χ2n) is 5.91. The molecule has 0 fully saturated rings. The van der Waals surface area contributed by atoms with Crippen molar-refractivity contribution < 1.29 is 19.0 Å². The molecule has 2 rings (SSSR count). The highest BCUT2D eigenvalue weighted by Gasteiger charge is 2.13. The van der Waals surface area contributed by atoms with Gasteiger partial charge in [-0.05, 0) is 25.1 Å². The molecule has 26 heavy (non-hydrogen) atoms. The highest BCUT2D eigenvalue weighted by Crippen LogP contribution is 2.29. The van der Waals surface area contributed by atoms with Crippen LogP contribution in [0.2, 0.25) is 0 Å². The van der Waals surface area contributed by atoms with Crippen LogP contribution in [-0.4, -0.2) is 33.3 Å². The van der Waals surface area contributed by atoms with Crippen LogP contribution in [-0.2, 0) is 11.3 Å². The van der Waals surface area contributed by atoms with Crippen LogP contribution in [0.1, 0.15) is 18.9 Å². The molecule has 1 amide bonds. The van der Waals surface area contributed by atoms with E-state index in [1.54, 1.807) is 39.5 Å². The van der Waals surface area contributed by atoms with Crippen molar-refractivity contribution in [1.29, 1.82) is 0 Å². The zero-order valence-electron chi connectivity index (χ0n) is 15.7. The molecule has 0 aliphatic rings. The van der Waals surface area contributed by atoms with E-state index in [2.05, 4.69) is 10.6 Å².